The standard InChI is InChI=1S/C24H27ClN2O5/c1-2-32-24(31)20(11-8-16-6-4-3-5-7-16)26-19-12-9-17-14-18(25)10-13-21(17)27(23(19)30)15-22(28)29/h3-7,10,13-14,19-20,26H,2,8-9,11-12,15H2,1H3,(H,28,29). The van der Waals surface area contributed by atoms with Gasteiger partial charge in [-0.25, -0.2) is 0 Å². The third-order valence-corrected chi connectivity index (χ3v) is 5.67. The van der Waals surface area contributed by atoms with Crippen LogP contribution in [0.1, 0.15) is 30.9 Å². The van der Waals surface area contributed by atoms with E-state index < -0.39 is 30.6 Å². The van der Waals surface area contributed by atoms with Crippen LogP contribution in [0.3, 0.4) is 0 Å². The van der Waals surface area contributed by atoms with E-state index in [-0.39, 0.29) is 12.5 Å². The molecule has 1 heterocycles. The molecule has 3 rings (SSSR count). The molecular formula is C24H27ClN2O5. The number of esters is 1. The summed E-state index contributed by atoms with van der Waals surface area (Å²) in [5.74, 6) is -1.93. The summed E-state index contributed by atoms with van der Waals surface area (Å²) < 4.78 is 5.23. The number of amides is 1. The summed E-state index contributed by atoms with van der Waals surface area (Å²) in [6.45, 7) is 1.49. The minimum absolute atomic E-state index is 0.232. The lowest BCUT2D eigenvalue weighted by atomic mass is 10.0. The van der Waals surface area contributed by atoms with Gasteiger partial charge in [0.1, 0.15) is 12.6 Å². The maximum atomic E-state index is 13.3. The zero-order chi connectivity index (χ0) is 23.1. The molecule has 1 aliphatic rings. The van der Waals surface area contributed by atoms with Crippen molar-refractivity contribution in [3.63, 3.8) is 0 Å². The van der Waals surface area contributed by atoms with E-state index in [0.29, 0.717) is 36.4 Å². The van der Waals surface area contributed by atoms with E-state index in [9.17, 15) is 19.5 Å². The molecule has 0 bridgehead atoms. The molecule has 1 amide bonds. The first-order valence-corrected chi connectivity index (χ1v) is 11.0. The molecule has 0 spiro atoms. The normalized spacial score (nSPS) is 16.8. The number of ether oxygens (including phenoxy) is 1. The molecule has 2 unspecified atom stereocenters. The molecule has 1 aliphatic heterocycles. The molecule has 2 N–H and O–H groups in total. The molecular weight excluding hydrogens is 432 g/mol. The lowest BCUT2D eigenvalue weighted by Crippen LogP contribution is -2.53. The third-order valence-electron chi connectivity index (χ3n) is 5.43. The Morgan fingerprint density at radius 3 is 2.69 bits per heavy atom. The fraction of sp³-hybridized carbons (Fsp3) is 0.375. The Morgan fingerprint density at radius 2 is 2.00 bits per heavy atom. The molecule has 2 aromatic carbocycles. The van der Waals surface area contributed by atoms with E-state index in [1.54, 1.807) is 25.1 Å². The number of hydrogen-bond acceptors (Lipinski definition) is 5. The van der Waals surface area contributed by atoms with Crippen LogP contribution in [0, 0.1) is 0 Å². The summed E-state index contributed by atoms with van der Waals surface area (Å²) in [4.78, 5) is 38.7. The molecule has 2 atom stereocenters. The van der Waals surface area contributed by atoms with Crippen molar-refractivity contribution in [2.24, 2.45) is 0 Å². The van der Waals surface area contributed by atoms with Crippen molar-refractivity contribution in [3.8, 4) is 0 Å². The second-order valence-corrected chi connectivity index (χ2v) is 8.11. The van der Waals surface area contributed by atoms with Crippen molar-refractivity contribution in [1.29, 1.82) is 0 Å². The third kappa shape index (κ3) is 6.08. The number of nitrogens with zero attached hydrogens (tertiary/aromatic N) is 1. The van der Waals surface area contributed by atoms with Crippen LogP contribution in [-0.4, -0.2) is 48.2 Å². The highest BCUT2D eigenvalue weighted by molar-refractivity contribution is 6.30. The Morgan fingerprint density at radius 1 is 1.25 bits per heavy atom. The number of aliphatic carboxylic acids is 1. The van der Waals surface area contributed by atoms with Gasteiger partial charge >= 0.3 is 11.9 Å². The summed E-state index contributed by atoms with van der Waals surface area (Å²) in [6.07, 6.45) is 2.00. The molecule has 0 aliphatic carbocycles. The number of halogens is 1. The van der Waals surface area contributed by atoms with Gasteiger partial charge in [-0.2, -0.15) is 0 Å². The number of carboxylic acid groups (broad SMARTS) is 1. The Labute approximate surface area is 192 Å². The van der Waals surface area contributed by atoms with Crippen LogP contribution in [0.2, 0.25) is 5.02 Å². The largest absolute Gasteiger partial charge is 0.480 e. The second kappa shape index (κ2) is 11.1. The van der Waals surface area contributed by atoms with Crippen LogP contribution >= 0.6 is 11.6 Å². The number of carbonyl (C=O) groups is 3. The molecule has 32 heavy (non-hydrogen) atoms. The van der Waals surface area contributed by atoms with E-state index >= 15 is 0 Å². The Balaban J connectivity index is 1.82. The first-order chi connectivity index (χ1) is 15.4. The van der Waals surface area contributed by atoms with Crippen molar-refractivity contribution >= 4 is 35.1 Å². The quantitative estimate of drug-likeness (QED) is 0.560. The lowest BCUT2D eigenvalue weighted by molar-refractivity contribution is -0.146. The molecule has 0 fully saturated rings. The number of aryl methyl sites for hydroxylation is 2. The number of anilines is 1. The SMILES string of the molecule is CCOC(=O)C(CCc1ccccc1)NC1CCc2cc(Cl)ccc2N(CC(=O)O)C1=O. The van der Waals surface area contributed by atoms with Gasteiger partial charge in [0.2, 0.25) is 5.91 Å². The van der Waals surface area contributed by atoms with Crippen molar-refractivity contribution < 1.29 is 24.2 Å². The second-order valence-electron chi connectivity index (χ2n) is 7.68. The van der Waals surface area contributed by atoms with Gasteiger partial charge in [-0.1, -0.05) is 41.9 Å². The van der Waals surface area contributed by atoms with Gasteiger partial charge < -0.3 is 9.84 Å². The molecule has 0 saturated carbocycles. The number of fused-ring (bicyclic) bond motifs is 1. The predicted molar refractivity (Wildman–Crippen MR) is 122 cm³/mol. The monoisotopic (exact) mass is 458 g/mol. The summed E-state index contributed by atoms with van der Waals surface area (Å²) in [7, 11) is 0. The Hall–Kier alpha value is -2.90. The maximum Gasteiger partial charge on any atom is 0.323 e. The van der Waals surface area contributed by atoms with Crippen LogP contribution in [-0.2, 0) is 32.0 Å². The van der Waals surface area contributed by atoms with Gasteiger partial charge in [0.25, 0.3) is 0 Å². The minimum Gasteiger partial charge on any atom is -0.480 e. The number of hydrogen-bond donors (Lipinski definition) is 2. The van der Waals surface area contributed by atoms with Crippen LogP contribution in [0.15, 0.2) is 48.5 Å². The van der Waals surface area contributed by atoms with Gasteiger partial charge in [-0.05, 0) is 61.9 Å². The number of carbonyl (C=O) groups excluding carboxylic acids is 2. The average Bonchev–Trinajstić information content (AvgIpc) is 2.88. The molecule has 0 aromatic heterocycles. The highest BCUT2D eigenvalue weighted by atomic mass is 35.5. The number of carboxylic acids is 1. The first kappa shape index (κ1) is 23.8. The van der Waals surface area contributed by atoms with Crippen molar-refractivity contribution in [2.45, 2.75) is 44.7 Å². The van der Waals surface area contributed by atoms with Crippen molar-refractivity contribution in [2.75, 3.05) is 18.1 Å². The summed E-state index contributed by atoms with van der Waals surface area (Å²) in [5, 5.41) is 13.1. The maximum absolute atomic E-state index is 13.3. The van der Waals surface area contributed by atoms with Gasteiger partial charge in [0, 0.05) is 10.7 Å². The van der Waals surface area contributed by atoms with Gasteiger partial charge in [-0.15, -0.1) is 0 Å². The van der Waals surface area contributed by atoms with Crippen molar-refractivity contribution in [3.05, 3.63) is 64.7 Å². The molecule has 7 nitrogen and oxygen atoms in total. The van der Waals surface area contributed by atoms with E-state index in [1.165, 1.54) is 4.90 Å². The fourth-order valence-corrected chi connectivity index (χ4v) is 4.11. The van der Waals surface area contributed by atoms with Crippen LogP contribution in [0.25, 0.3) is 0 Å². The first-order valence-electron chi connectivity index (χ1n) is 10.7. The Kier molecular flexibility index (Phi) is 8.25. The number of nitrogens with one attached hydrogen (secondary N) is 1. The smallest absolute Gasteiger partial charge is 0.323 e. The number of benzene rings is 2. The number of rotatable bonds is 9. The zero-order valence-corrected chi connectivity index (χ0v) is 18.7. The van der Waals surface area contributed by atoms with E-state index in [1.807, 2.05) is 30.3 Å². The molecule has 0 saturated heterocycles. The summed E-state index contributed by atoms with van der Waals surface area (Å²) >= 11 is 6.12. The van der Waals surface area contributed by atoms with Gasteiger partial charge in [0.15, 0.2) is 0 Å². The van der Waals surface area contributed by atoms with Crippen LogP contribution in [0.4, 0.5) is 5.69 Å². The zero-order valence-electron chi connectivity index (χ0n) is 17.9. The predicted octanol–water partition coefficient (Wildman–Crippen LogP) is 3.23. The highest BCUT2D eigenvalue weighted by Gasteiger charge is 2.34. The van der Waals surface area contributed by atoms with E-state index in [0.717, 1.165) is 11.1 Å². The molecule has 8 heteroatoms. The van der Waals surface area contributed by atoms with E-state index in [2.05, 4.69) is 5.32 Å². The highest BCUT2D eigenvalue weighted by Crippen LogP contribution is 2.30. The van der Waals surface area contributed by atoms with Crippen LogP contribution < -0.4 is 10.2 Å². The summed E-state index contributed by atoms with van der Waals surface area (Å²) in [5.41, 5.74) is 2.40. The molecule has 170 valence electrons. The summed E-state index contributed by atoms with van der Waals surface area (Å²) in [6, 6.07) is 13.4. The fourth-order valence-electron chi connectivity index (χ4n) is 3.91. The van der Waals surface area contributed by atoms with Gasteiger partial charge in [0.05, 0.1) is 12.6 Å². The van der Waals surface area contributed by atoms with Crippen molar-refractivity contribution in [1.82, 2.24) is 5.32 Å². The van der Waals surface area contributed by atoms with E-state index in [4.69, 9.17) is 16.3 Å². The minimum atomic E-state index is -1.12. The average molecular weight is 459 g/mol. The van der Waals surface area contributed by atoms with Crippen LogP contribution in [0.5, 0.6) is 0 Å². The Bertz CT molecular complexity index is 966. The molecule has 2 aromatic rings. The molecule has 0 radical (unpaired) electrons. The topological polar surface area (TPSA) is 95.9 Å². The lowest BCUT2D eigenvalue weighted by Gasteiger charge is -2.27. The van der Waals surface area contributed by atoms with Gasteiger partial charge in [-0.3, -0.25) is 24.6 Å².